The molecule has 164 valence electrons. The number of allylic oxidation sites excluding steroid dienone is 2. The molecule has 0 rings (SSSR count). The van der Waals surface area contributed by atoms with Crippen LogP contribution in [-0.2, 0) is 9.53 Å². The molecular weight excluding hydrogens is 354 g/mol. The molecule has 0 aliphatic carbocycles. The molecule has 0 saturated heterocycles. The first kappa shape index (κ1) is 26.5. The van der Waals surface area contributed by atoms with Crippen molar-refractivity contribution in [2.24, 2.45) is 0 Å². The standard InChI is InChI=1S/C23H43NO4/c1-2-3-4-5-6-7-8-9-10-11-12-13-14-15-16-17-21-28-23(27)24-20-18-19-22(25)26/h9-10H,2-8,11-21H2,1H3,(H,24,27)(H,25,26)/b10-9-. The minimum Gasteiger partial charge on any atom is -0.481 e. The van der Waals surface area contributed by atoms with E-state index in [1.165, 1.54) is 77.0 Å². The van der Waals surface area contributed by atoms with Gasteiger partial charge in [0.05, 0.1) is 6.61 Å². The van der Waals surface area contributed by atoms with E-state index in [2.05, 4.69) is 24.4 Å². The lowest BCUT2D eigenvalue weighted by Crippen LogP contribution is -2.26. The van der Waals surface area contributed by atoms with Crippen molar-refractivity contribution in [3.63, 3.8) is 0 Å². The van der Waals surface area contributed by atoms with Crippen molar-refractivity contribution in [2.75, 3.05) is 13.2 Å². The van der Waals surface area contributed by atoms with Crippen molar-refractivity contribution in [1.82, 2.24) is 5.32 Å². The Morgan fingerprint density at radius 1 is 0.786 bits per heavy atom. The second kappa shape index (κ2) is 21.8. The molecule has 0 bridgehead atoms. The summed E-state index contributed by atoms with van der Waals surface area (Å²) in [4.78, 5) is 21.7. The van der Waals surface area contributed by atoms with Crippen molar-refractivity contribution in [3.8, 4) is 0 Å². The Kier molecular flexibility index (Phi) is 20.6. The molecule has 0 fully saturated rings. The average molecular weight is 398 g/mol. The summed E-state index contributed by atoms with van der Waals surface area (Å²) in [7, 11) is 0. The van der Waals surface area contributed by atoms with Crippen LogP contribution >= 0.6 is 0 Å². The van der Waals surface area contributed by atoms with E-state index in [4.69, 9.17) is 9.84 Å². The fourth-order valence-corrected chi connectivity index (χ4v) is 3.00. The molecule has 0 aromatic rings. The first-order valence-corrected chi connectivity index (χ1v) is 11.4. The Labute approximate surface area is 172 Å². The van der Waals surface area contributed by atoms with Gasteiger partial charge in [0.1, 0.15) is 0 Å². The molecular formula is C23H43NO4. The van der Waals surface area contributed by atoms with Crippen LogP contribution in [0.4, 0.5) is 4.79 Å². The molecule has 28 heavy (non-hydrogen) atoms. The number of amides is 1. The number of carboxylic acid groups (broad SMARTS) is 1. The van der Waals surface area contributed by atoms with Crippen LogP contribution in [0.3, 0.4) is 0 Å². The SMILES string of the molecule is CCCCCCCC/C=C\CCCCCCCCOC(=O)NCCCC(=O)O. The smallest absolute Gasteiger partial charge is 0.407 e. The Hall–Kier alpha value is -1.52. The molecule has 0 aromatic carbocycles. The molecule has 0 heterocycles. The van der Waals surface area contributed by atoms with Crippen molar-refractivity contribution in [3.05, 3.63) is 12.2 Å². The Balaban J connectivity index is 3.19. The third-order valence-electron chi connectivity index (χ3n) is 4.73. The molecule has 5 heteroatoms. The minimum atomic E-state index is -0.848. The number of nitrogens with one attached hydrogen (secondary N) is 1. The Morgan fingerprint density at radius 2 is 1.32 bits per heavy atom. The van der Waals surface area contributed by atoms with Crippen molar-refractivity contribution >= 4 is 12.1 Å². The third-order valence-corrected chi connectivity index (χ3v) is 4.73. The zero-order valence-electron chi connectivity index (χ0n) is 18.1. The molecule has 0 unspecified atom stereocenters. The molecule has 0 radical (unpaired) electrons. The number of rotatable bonds is 20. The van der Waals surface area contributed by atoms with E-state index in [-0.39, 0.29) is 6.42 Å². The van der Waals surface area contributed by atoms with E-state index in [1.807, 2.05) is 0 Å². The van der Waals surface area contributed by atoms with Gasteiger partial charge in [0, 0.05) is 13.0 Å². The highest BCUT2D eigenvalue weighted by Gasteiger charge is 2.02. The zero-order chi connectivity index (χ0) is 20.7. The van der Waals surface area contributed by atoms with Crippen LogP contribution in [-0.4, -0.2) is 30.3 Å². The van der Waals surface area contributed by atoms with Gasteiger partial charge in [-0.3, -0.25) is 4.79 Å². The highest BCUT2D eigenvalue weighted by molar-refractivity contribution is 5.68. The lowest BCUT2D eigenvalue weighted by molar-refractivity contribution is -0.137. The fourth-order valence-electron chi connectivity index (χ4n) is 3.00. The predicted octanol–water partition coefficient (Wildman–Crippen LogP) is 6.61. The largest absolute Gasteiger partial charge is 0.481 e. The van der Waals surface area contributed by atoms with Gasteiger partial charge in [-0.25, -0.2) is 4.79 Å². The van der Waals surface area contributed by atoms with Crippen molar-refractivity contribution in [1.29, 1.82) is 0 Å². The zero-order valence-corrected chi connectivity index (χ0v) is 18.1. The summed E-state index contributed by atoms with van der Waals surface area (Å²) in [5.74, 6) is -0.848. The van der Waals surface area contributed by atoms with Gasteiger partial charge in [-0.15, -0.1) is 0 Å². The van der Waals surface area contributed by atoms with Gasteiger partial charge in [0.25, 0.3) is 0 Å². The van der Waals surface area contributed by atoms with Gasteiger partial charge in [-0.05, 0) is 38.5 Å². The predicted molar refractivity (Wildman–Crippen MR) is 116 cm³/mol. The number of hydrogen-bond donors (Lipinski definition) is 2. The van der Waals surface area contributed by atoms with E-state index >= 15 is 0 Å². The van der Waals surface area contributed by atoms with E-state index < -0.39 is 12.1 Å². The molecule has 0 aliphatic rings. The van der Waals surface area contributed by atoms with Crippen LogP contribution in [0.1, 0.15) is 110 Å². The van der Waals surface area contributed by atoms with Gasteiger partial charge >= 0.3 is 12.1 Å². The maximum absolute atomic E-state index is 11.4. The van der Waals surface area contributed by atoms with Crippen molar-refractivity contribution in [2.45, 2.75) is 110 Å². The molecule has 0 atom stereocenters. The van der Waals surface area contributed by atoms with Crippen LogP contribution in [0, 0.1) is 0 Å². The normalized spacial score (nSPS) is 11.0. The summed E-state index contributed by atoms with van der Waals surface area (Å²) in [6, 6.07) is 0. The first-order valence-electron chi connectivity index (χ1n) is 11.4. The van der Waals surface area contributed by atoms with Crippen molar-refractivity contribution < 1.29 is 19.4 Å². The summed E-state index contributed by atoms with van der Waals surface area (Å²) in [6.45, 7) is 3.04. The van der Waals surface area contributed by atoms with E-state index in [0.717, 1.165) is 12.8 Å². The van der Waals surface area contributed by atoms with E-state index in [0.29, 0.717) is 19.6 Å². The van der Waals surface area contributed by atoms with E-state index in [9.17, 15) is 9.59 Å². The van der Waals surface area contributed by atoms with Crippen LogP contribution < -0.4 is 5.32 Å². The van der Waals surface area contributed by atoms with Gasteiger partial charge < -0.3 is 15.2 Å². The number of carbonyl (C=O) groups excluding carboxylic acids is 1. The summed E-state index contributed by atoms with van der Waals surface area (Å²) in [5.41, 5.74) is 0. The van der Waals surface area contributed by atoms with Crippen LogP contribution in [0.5, 0.6) is 0 Å². The number of hydrogen-bond acceptors (Lipinski definition) is 3. The van der Waals surface area contributed by atoms with Gasteiger partial charge in [0.15, 0.2) is 0 Å². The topological polar surface area (TPSA) is 75.6 Å². The summed E-state index contributed by atoms with van der Waals surface area (Å²) >= 11 is 0. The average Bonchev–Trinajstić information content (AvgIpc) is 2.67. The number of carboxylic acids is 1. The molecule has 0 saturated carbocycles. The second-order valence-electron chi connectivity index (χ2n) is 7.50. The van der Waals surface area contributed by atoms with Gasteiger partial charge in [-0.2, -0.15) is 0 Å². The quantitative estimate of drug-likeness (QED) is 0.179. The number of ether oxygens (including phenoxy) is 1. The number of unbranched alkanes of at least 4 members (excludes halogenated alkanes) is 12. The number of aliphatic carboxylic acids is 1. The highest BCUT2D eigenvalue weighted by Crippen LogP contribution is 2.10. The van der Waals surface area contributed by atoms with Gasteiger partial charge in [-0.1, -0.05) is 76.9 Å². The summed E-state index contributed by atoms with van der Waals surface area (Å²) < 4.78 is 5.06. The Morgan fingerprint density at radius 3 is 1.89 bits per heavy atom. The van der Waals surface area contributed by atoms with Crippen LogP contribution in [0.2, 0.25) is 0 Å². The summed E-state index contributed by atoms with van der Waals surface area (Å²) in [6.07, 6.45) is 22.3. The lowest BCUT2D eigenvalue weighted by atomic mass is 10.1. The summed E-state index contributed by atoms with van der Waals surface area (Å²) in [5, 5.41) is 11.1. The maximum atomic E-state index is 11.4. The molecule has 0 spiro atoms. The highest BCUT2D eigenvalue weighted by atomic mass is 16.5. The molecule has 5 nitrogen and oxygen atoms in total. The number of carbonyl (C=O) groups is 2. The maximum Gasteiger partial charge on any atom is 0.407 e. The van der Waals surface area contributed by atoms with Crippen LogP contribution in [0.15, 0.2) is 12.2 Å². The molecule has 2 N–H and O–H groups in total. The van der Waals surface area contributed by atoms with Gasteiger partial charge in [0.2, 0.25) is 0 Å². The fraction of sp³-hybridized carbons (Fsp3) is 0.826. The Bertz CT molecular complexity index is 396. The molecule has 1 amide bonds. The first-order chi connectivity index (χ1) is 13.7. The van der Waals surface area contributed by atoms with E-state index in [1.54, 1.807) is 0 Å². The molecule has 0 aromatic heterocycles. The lowest BCUT2D eigenvalue weighted by Gasteiger charge is -2.06. The monoisotopic (exact) mass is 397 g/mol. The number of alkyl carbamates (subject to hydrolysis) is 1. The second-order valence-corrected chi connectivity index (χ2v) is 7.50. The third kappa shape index (κ3) is 22.5. The molecule has 0 aliphatic heterocycles. The van der Waals surface area contributed by atoms with Crippen LogP contribution in [0.25, 0.3) is 0 Å². The minimum absolute atomic E-state index is 0.0647.